The minimum Gasteiger partial charge on any atom is -0.444 e. The summed E-state index contributed by atoms with van der Waals surface area (Å²) >= 11 is 0. The minimum atomic E-state index is -0.554. The molecule has 3 N–H and O–H groups in total. The van der Waals surface area contributed by atoms with E-state index in [1.165, 1.54) is 0 Å². The maximum Gasteiger partial charge on any atom is 0.408 e. The lowest BCUT2D eigenvalue weighted by atomic mass is 10.1. The number of carbonyl (C=O) groups excluding carboxylic acids is 1. The Morgan fingerprint density at radius 2 is 1.83 bits per heavy atom. The Morgan fingerprint density at radius 1 is 1.10 bits per heavy atom. The van der Waals surface area contributed by atoms with Gasteiger partial charge in [-0.1, -0.05) is 30.3 Å². The highest BCUT2D eigenvalue weighted by atomic mass is 16.6. The van der Waals surface area contributed by atoms with Gasteiger partial charge in [-0.05, 0) is 32.8 Å². The summed E-state index contributed by atoms with van der Waals surface area (Å²) in [5.74, 6) is 0.661. The van der Waals surface area contributed by atoms with E-state index < -0.39 is 11.7 Å². The third-order valence-corrected chi connectivity index (χ3v) is 3.78. The van der Waals surface area contributed by atoms with E-state index in [0.717, 1.165) is 18.5 Å². The molecule has 1 aromatic carbocycles. The molecule has 0 aliphatic heterocycles. The molecule has 1 unspecified atom stereocenters. The molecule has 0 aliphatic carbocycles. The van der Waals surface area contributed by atoms with Crippen LogP contribution in [0.5, 0.6) is 0 Å². The molecule has 1 rings (SSSR count). The summed E-state index contributed by atoms with van der Waals surface area (Å²) in [4.78, 5) is 16.5. The third-order valence-electron chi connectivity index (χ3n) is 3.78. The van der Waals surface area contributed by atoms with E-state index >= 15 is 0 Å². The van der Waals surface area contributed by atoms with E-state index in [1.54, 1.807) is 14.2 Å². The molecule has 0 bridgehead atoms. The molecular formula is C21H36N4O4. The lowest BCUT2D eigenvalue weighted by Gasteiger charge is -2.24. The first-order valence-electron chi connectivity index (χ1n) is 9.91. The monoisotopic (exact) mass is 408 g/mol. The molecule has 0 aliphatic rings. The topological polar surface area (TPSA) is 93.2 Å². The average molecular weight is 409 g/mol. The van der Waals surface area contributed by atoms with Gasteiger partial charge >= 0.3 is 6.09 Å². The number of amides is 1. The average Bonchev–Trinajstić information content (AvgIpc) is 2.67. The van der Waals surface area contributed by atoms with Crippen LogP contribution in [0, 0.1) is 0 Å². The summed E-state index contributed by atoms with van der Waals surface area (Å²) in [5.41, 5.74) is 0.426. The van der Waals surface area contributed by atoms with E-state index in [9.17, 15) is 4.79 Å². The van der Waals surface area contributed by atoms with Gasteiger partial charge in [0.15, 0.2) is 5.96 Å². The molecule has 0 aromatic heterocycles. The van der Waals surface area contributed by atoms with Crippen molar-refractivity contribution in [3.63, 3.8) is 0 Å². The summed E-state index contributed by atoms with van der Waals surface area (Å²) < 4.78 is 15.8. The van der Waals surface area contributed by atoms with Crippen LogP contribution in [0.2, 0.25) is 0 Å². The fourth-order valence-corrected chi connectivity index (χ4v) is 2.43. The van der Waals surface area contributed by atoms with Gasteiger partial charge in [-0.3, -0.25) is 4.99 Å². The molecule has 1 amide bonds. The van der Waals surface area contributed by atoms with Gasteiger partial charge in [0.05, 0.1) is 19.3 Å². The van der Waals surface area contributed by atoms with Crippen LogP contribution in [0.15, 0.2) is 35.3 Å². The van der Waals surface area contributed by atoms with Crippen LogP contribution >= 0.6 is 0 Å². The van der Waals surface area contributed by atoms with Crippen molar-refractivity contribution >= 4 is 12.1 Å². The predicted molar refractivity (Wildman–Crippen MR) is 115 cm³/mol. The number of ether oxygens (including phenoxy) is 3. The van der Waals surface area contributed by atoms with E-state index in [2.05, 4.69) is 20.9 Å². The molecule has 29 heavy (non-hydrogen) atoms. The third kappa shape index (κ3) is 12.0. The number of carbonyl (C=O) groups is 1. The van der Waals surface area contributed by atoms with Gasteiger partial charge in [0, 0.05) is 33.9 Å². The summed E-state index contributed by atoms with van der Waals surface area (Å²) in [7, 11) is 3.37. The molecule has 0 spiro atoms. The highest BCUT2D eigenvalue weighted by Gasteiger charge is 2.20. The second-order valence-electron chi connectivity index (χ2n) is 7.45. The van der Waals surface area contributed by atoms with Crippen molar-refractivity contribution in [3.8, 4) is 0 Å². The summed E-state index contributed by atoms with van der Waals surface area (Å²) in [6, 6.07) is 9.50. The van der Waals surface area contributed by atoms with Crippen molar-refractivity contribution in [2.75, 3.05) is 47.1 Å². The Kier molecular flexibility index (Phi) is 11.8. The molecule has 0 heterocycles. The molecule has 164 valence electrons. The van der Waals surface area contributed by atoms with Crippen LogP contribution in [0.25, 0.3) is 0 Å². The SMILES string of the molecule is CN=C(NCCCOCCOC)NCC(NC(=O)OC(C)(C)C)c1ccccc1. The molecule has 1 atom stereocenters. The number of aliphatic imine (C=N–C) groups is 1. The van der Waals surface area contributed by atoms with Crippen LogP contribution < -0.4 is 16.0 Å². The fraction of sp³-hybridized carbons (Fsp3) is 0.619. The smallest absolute Gasteiger partial charge is 0.408 e. The van der Waals surface area contributed by atoms with Gasteiger partial charge in [-0.15, -0.1) is 0 Å². The van der Waals surface area contributed by atoms with Crippen LogP contribution in [0.1, 0.15) is 38.8 Å². The first kappa shape index (κ1) is 24.7. The lowest BCUT2D eigenvalue weighted by molar-refractivity contribution is 0.0504. The van der Waals surface area contributed by atoms with Crippen LogP contribution in [-0.2, 0) is 14.2 Å². The van der Waals surface area contributed by atoms with E-state index in [1.807, 2.05) is 51.1 Å². The number of benzene rings is 1. The van der Waals surface area contributed by atoms with Gasteiger partial charge in [-0.2, -0.15) is 0 Å². The van der Waals surface area contributed by atoms with E-state index in [0.29, 0.717) is 32.3 Å². The van der Waals surface area contributed by atoms with Crippen molar-refractivity contribution in [3.05, 3.63) is 35.9 Å². The summed E-state index contributed by atoms with van der Waals surface area (Å²) in [6.07, 6.45) is 0.396. The predicted octanol–water partition coefficient (Wildman–Crippen LogP) is 2.47. The number of hydrogen-bond donors (Lipinski definition) is 3. The van der Waals surface area contributed by atoms with Crippen molar-refractivity contribution in [2.24, 2.45) is 4.99 Å². The minimum absolute atomic E-state index is 0.262. The van der Waals surface area contributed by atoms with Gasteiger partial charge < -0.3 is 30.2 Å². The second kappa shape index (κ2) is 13.8. The largest absolute Gasteiger partial charge is 0.444 e. The Bertz CT molecular complexity index is 602. The standard InChI is InChI=1S/C21H36N4O4/c1-21(2,3)29-20(26)25-18(17-10-7-6-8-11-17)16-24-19(22-4)23-12-9-13-28-15-14-27-5/h6-8,10-11,18H,9,12-16H2,1-5H3,(H,25,26)(H2,22,23,24). The Balaban J connectivity index is 2.52. The van der Waals surface area contributed by atoms with Gasteiger partial charge in [0.25, 0.3) is 0 Å². The molecule has 0 saturated heterocycles. The molecular weight excluding hydrogens is 372 g/mol. The van der Waals surface area contributed by atoms with Crippen LogP contribution in [0.4, 0.5) is 4.79 Å². The van der Waals surface area contributed by atoms with Gasteiger partial charge in [-0.25, -0.2) is 4.79 Å². The van der Waals surface area contributed by atoms with Gasteiger partial charge in [0.2, 0.25) is 0 Å². The second-order valence-corrected chi connectivity index (χ2v) is 7.45. The zero-order chi connectivity index (χ0) is 21.5. The number of methoxy groups -OCH3 is 1. The molecule has 8 nitrogen and oxygen atoms in total. The van der Waals surface area contributed by atoms with Crippen molar-refractivity contribution in [1.82, 2.24) is 16.0 Å². The first-order valence-corrected chi connectivity index (χ1v) is 9.91. The number of nitrogens with one attached hydrogen (secondary N) is 3. The van der Waals surface area contributed by atoms with Crippen molar-refractivity contribution in [1.29, 1.82) is 0 Å². The Labute approximate surface area is 174 Å². The number of guanidine groups is 1. The Morgan fingerprint density at radius 3 is 2.45 bits per heavy atom. The maximum atomic E-state index is 12.2. The zero-order valence-electron chi connectivity index (χ0n) is 18.3. The van der Waals surface area contributed by atoms with Gasteiger partial charge in [0.1, 0.15) is 5.60 Å². The number of hydrogen-bond acceptors (Lipinski definition) is 5. The zero-order valence-corrected chi connectivity index (χ0v) is 18.3. The molecule has 0 saturated carbocycles. The normalized spacial score (nSPS) is 12.9. The lowest BCUT2D eigenvalue weighted by Crippen LogP contribution is -2.44. The quantitative estimate of drug-likeness (QED) is 0.296. The van der Waals surface area contributed by atoms with Crippen LogP contribution in [0.3, 0.4) is 0 Å². The summed E-state index contributed by atoms with van der Waals surface area (Å²) in [6.45, 7) is 8.56. The number of rotatable bonds is 11. The summed E-state index contributed by atoms with van der Waals surface area (Å²) in [5, 5.41) is 9.42. The Hall–Kier alpha value is -2.32. The van der Waals surface area contributed by atoms with E-state index in [4.69, 9.17) is 14.2 Å². The maximum absolute atomic E-state index is 12.2. The molecule has 0 fully saturated rings. The van der Waals surface area contributed by atoms with Crippen molar-refractivity contribution < 1.29 is 19.0 Å². The van der Waals surface area contributed by atoms with Crippen LogP contribution in [-0.4, -0.2) is 64.7 Å². The highest BCUT2D eigenvalue weighted by Crippen LogP contribution is 2.14. The highest BCUT2D eigenvalue weighted by molar-refractivity contribution is 5.79. The number of alkyl carbamates (subject to hydrolysis) is 1. The molecule has 1 aromatic rings. The fourth-order valence-electron chi connectivity index (χ4n) is 2.43. The number of nitrogens with zero attached hydrogens (tertiary/aromatic N) is 1. The van der Waals surface area contributed by atoms with Crippen molar-refractivity contribution in [2.45, 2.75) is 38.8 Å². The molecule has 8 heteroatoms. The molecule has 0 radical (unpaired) electrons. The van der Waals surface area contributed by atoms with E-state index in [-0.39, 0.29) is 6.04 Å². The first-order chi connectivity index (χ1) is 13.9.